The van der Waals surface area contributed by atoms with E-state index >= 15 is 0 Å². The normalized spacial score (nSPS) is 13.7. The zero-order chi connectivity index (χ0) is 13.4. The van der Waals surface area contributed by atoms with Crippen molar-refractivity contribution in [1.82, 2.24) is 9.55 Å². The Morgan fingerprint density at radius 2 is 1.74 bits per heavy atom. The third-order valence-electron chi connectivity index (χ3n) is 3.17. The molecule has 1 aliphatic rings. The Kier molecular flexibility index (Phi) is 2.63. The molecule has 3 rings (SSSR count). The number of hydrogen-bond acceptors (Lipinski definition) is 3. The van der Waals surface area contributed by atoms with Gasteiger partial charge in [0.15, 0.2) is 0 Å². The Morgan fingerprint density at radius 1 is 1.05 bits per heavy atom. The molecule has 0 aliphatic heterocycles. The van der Waals surface area contributed by atoms with Gasteiger partial charge in [-0.3, -0.25) is 9.59 Å². The van der Waals surface area contributed by atoms with Crippen molar-refractivity contribution in [2.75, 3.05) is 0 Å². The number of fused-ring (bicyclic) bond motifs is 1. The number of ketones is 2. The fourth-order valence-electron chi connectivity index (χ4n) is 2.30. The van der Waals surface area contributed by atoms with Gasteiger partial charge >= 0.3 is 0 Å². The van der Waals surface area contributed by atoms with Crippen LogP contribution in [-0.4, -0.2) is 21.1 Å². The molecule has 4 nitrogen and oxygen atoms in total. The summed E-state index contributed by atoms with van der Waals surface area (Å²) in [6, 6.07) is 9.57. The summed E-state index contributed by atoms with van der Waals surface area (Å²) in [5.74, 6) is 0.295. The molecule has 0 radical (unpaired) electrons. The van der Waals surface area contributed by atoms with Crippen LogP contribution in [0.4, 0.5) is 0 Å². The van der Waals surface area contributed by atoms with Crippen LogP contribution in [0, 0.1) is 0 Å². The Morgan fingerprint density at radius 3 is 2.42 bits per heavy atom. The highest BCUT2D eigenvalue weighted by atomic mass is 16.1. The van der Waals surface area contributed by atoms with Crippen molar-refractivity contribution in [3.8, 4) is 11.4 Å². The summed E-state index contributed by atoms with van der Waals surface area (Å²) in [5.41, 5.74) is 1.56. The molecule has 2 aromatic rings. The Bertz CT molecular complexity index is 696. The number of aromatic nitrogens is 2. The molecule has 0 N–H and O–H groups in total. The van der Waals surface area contributed by atoms with Crippen LogP contribution in [0.25, 0.3) is 11.4 Å². The first kappa shape index (κ1) is 11.6. The van der Waals surface area contributed by atoms with Gasteiger partial charge in [0, 0.05) is 12.1 Å². The van der Waals surface area contributed by atoms with Gasteiger partial charge in [-0.25, -0.2) is 4.98 Å². The first-order valence-electron chi connectivity index (χ1n) is 6.15. The van der Waals surface area contributed by atoms with Gasteiger partial charge in [-0.2, -0.15) is 0 Å². The van der Waals surface area contributed by atoms with Crippen molar-refractivity contribution in [3.63, 3.8) is 0 Å². The van der Waals surface area contributed by atoms with Crippen LogP contribution in [0.3, 0.4) is 0 Å². The molecular weight excluding hydrogens is 240 g/mol. The van der Waals surface area contributed by atoms with Gasteiger partial charge in [0.25, 0.3) is 0 Å². The standard InChI is InChI=1S/C15H12N2O2/c1-2-17-14-12(19)9-8-11(18)13(14)16-15(17)10-6-4-3-5-7-10/h3-9H,2H2,1H3. The SMILES string of the molecule is CCn1c(-c2ccccc2)nc2c1C(=O)C=CC2=O. The molecule has 0 bridgehead atoms. The number of hydrogen-bond donors (Lipinski definition) is 0. The van der Waals surface area contributed by atoms with E-state index in [1.807, 2.05) is 37.3 Å². The molecule has 0 fully saturated rings. The van der Waals surface area contributed by atoms with E-state index in [2.05, 4.69) is 4.98 Å². The molecule has 0 saturated carbocycles. The lowest BCUT2D eigenvalue weighted by atomic mass is 10.1. The summed E-state index contributed by atoms with van der Waals surface area (Å²) in [5, 5.41) is 0. The number of benzene rings is 1. The molecule has 0 unspecified atom stereocenters. The lowest BCUT2D eigenvalue weighted by Gasteiger charge is -2.09. The first-order valence-corrected chi connectivity index (χ1v) is 6.15. The van der Waals surface area contributed by atoms with Crippen molar-refractivity contribution in [2.24, 2.45) is 0 Å². The lowest BCUT2D eigenvalue weighted by molar-refractivity contribution is 0.0986. The summed E-state index contributed by atoms with van der Waals surface area (Å²) in [6.07, 6.45) is 2.60. The van der Waals surface area contributed by atoms with E-state index in [1.54, 1.807) is 4.57 Å². The fraction of sp³-hybridized carbons (Fsp3) is 0.133. The molecule has 0 spiro atoms. The quantitative estimate of drug-likeness (QED) is 0.825. The molecular formula is C15H12N2O2. The highest BCUT2D eigenvalue weighted by Gasteiger charge is 2.27. The molecule has 1 aromatic carbocycles. The maximum atomic E-state index is 12.0. The van der Waals surface area contributed by atoms with E-state index < -0.39 is 0 Å². The van der Waals surface area contributed by atoms with Crippen LogP contribution in [0.2, 0.25) is 0 Å². The zero-order valence-electron chi connectivity index (χ0n) is 10.5. The van der Waals surface area contributed by atoms with Gasteiger partial charge in [-0.05, 0) is 19.1 Å². The maximum absolute atomic E-state index is 12.0. The Balaban J connectivity index is 2.27. The predicted octanol–water partition coefficient (Wildman–Crippen LogP) is 2.51. The van der Waals surface area contributed by atoms with Gasteiger partial charge in [0.05, 0.1) is 0 Å². The van der Waals surface area contributed by atoms with Gasteiger partial charge in [-0.15, -0.1) is 0 Å². The summed E-state index contributed by atoms with van der Waals surface area (Å²) < 4.78 is 1.80. The minimum Gasteiger partial charge on any atom is -0.321 e. The Hall–Kier alpha value is -2.49. The van der Waals surface area contributed by atoms with Crippen molar-refractivity contribution < 1.29 is 9.59 Å². The van der Waals surface area contributed by atoms with Gasteiger partial charge < -0.3 is 4.57 Å². The monoisotopic (exact) mass is 252 g/mol. The first-order chi connectivity index (χ1) is 9.22. The van der Waals surface area contributed by atoms with Crippen molar-refractivity contribution in [2.45, 2.75) is 13.5 Å². The highest BCUT2D eigenvalue weighted by molar-refractivity contribution is 6.20. The predicted molar refractivity (Wildman–Crippen MR) is 71.1 cm³/mol. The zero-order valence-corrected chi connectivity index (χ0v) is 10.5. The van der Waals surface area contributed by atoms with E-state index in [0.717, 1.165) is 5.56 Å². The van der Waals surface area contributed by atoms with Crippen LogP contribution in [0.5, 0.6) is 0 Å². The van der Waals surface area contributed by atoms with E-state index in [1.165, 1.54) is 12.2 Å². The molecule has 94 valence electrons. The lowest BCUT2D eigenvalue weighted by Crippen LogP contribution is -2.15. The summed E-state index contributed by atoms with van der Waals surface area (Å²) >= 11 is 0. The van der Waals surface area contributed by atoms with Crippen LogP contribution in [0.15, 0.2) is 42.5 Å². The third-order valence-corrected chi connectivity index (χ3v) is 3.17. The number of allylic oxidation sites excluding steroid dienone is 2. The molecule has 19 heavy (non-hydrogen) atoms. The van der Waals surface area contributed by atoms with Gasteiger partial charge in [0.2, 0.25) is 11.6 Å². The van der Waals surface area contributed by atoms with E-state index in [0.29, 0.717) is 18.1 Å². The molecule has 1 heterocycles. The smallest absolute Gasteiger partial charge is 0.206 e. The summed E-state index contributed by atoms with van der Waals surface area (Å²) in [4.78, 5) is 28.1. The fourth-order valence-corrected chi connectivity index (χ4v) is 2.30. The largest absolute Gasteiger partial charge is 0.321 e. The topological polar surface area (TPSA) is 52.0 Å². The molecule has 1 aliphatic carbocycles. The molecule has 4 heteroatoms. The van der Waals surface area contributed by atoms with Crippen LogP contribution in [-0.2, 0) is 6.54 Å². The second-order valence-electron chi connectivity index (χ2n) is 4.30. The van der Waals surface area contributed by atoms with E-state index in [4.69, 9.17) is 0 Å². The van der Waals surface area contributed by atoms with E-state index in [-0.39, 0.29) is 17.3 Å². The maximum Gasteiger partial charge on any atom is 0.206 e. The number of rotatable bonds is 2. The minimum atomic E-state index is -0.209. The number of carbonyl (C=O) groups excluding carboxylic acids is 2. The van der Waals surface area contributed by atoms with Crippen LogP contribution in [0.1, 0.15) is 27.9 Å². The number of carbonyl (C=O) groups is 2. The molecule has 0 atom stereocenters. The van der Waals surface area contributed by atoms with E-state index in [9.17, 15) is 9.59 Å². The second-order valence-corrected chi connectivity index (χ2v) is 4.30. The Labute approximate surface area is 110 Å². The van der Waals surface area contributed by atoms with Crippen LogP contribution >= 0.6 is 0 Å². The summed E-state index contributed by atoms with van der Waals surface area (Å²) in [7, 11) is 0. The average Bonchev–Trinajstić information content (AvgIpc) is 2.84. The van der Waals surface area contributed by atoms with Crippen LogP contribution < -0.4 is 0 Å². The third kappa shape index (κ3) is 1.73. The molecule has 1 aromatic heterocycles. The van der Waals surface area contributed by atoms with Crippen molar-refractivity contribution in [1.29, 1.82) is 0 Å². The average molecular weight is 252 g/mol. The highest BCUT2D eigenvalue weighted by Crippen LogP contribution is 2.25. The molecule has 0 saturated heterocycles. The molecule has 0 amide bonds. The second kappa shape index (κ2) is 4.31. The van der Waals surface area contributed by atoms with Gasteiger partial charge in [-0.1, -0.05) is 30.3 Å². The van der Waals surface area contributed by atoms with Gasteiger partial charge in [0.1, 0.15) is 17.2 Å². The summed E-state index contributed by atoms with van der Waals surface area (Å²) in [6.45, 7) is 2.53. The minimum absolute atomic E-state index is 0.161. The number of nitrogens with zero attached hydrogens (tertiary/aromatic N) is 2. The number of imidazole rings is 1. The van der Waals surface area contributed by atoms with Crippen molar-refractivity contribution in [3.05, 3.63) is 53.9 Å². The van der Waals surface area contributed by atoms with Crippen molar-refractivity contribution >= 4 is 11.6 Å².